The minimum Gasteiger partial charge on any atom is -0.502 e. The van der Waals surface area contributed by atoms with Crippen molar-refractivity contribution in [1.29, 1.82) is 0 Å². The Hall–Kier alpha value is -3.33. The zero-order valence-corrected chi connectivity index (χ0v) is 16.4. The van der Waals surface area contributed by atoms with Gasteiger partial charge in [-0.3, -0.25) is 14.9 Å². The molecule has 144 valence electrons. The molecular weight excluding hydrogens is 432 g/mol. The average Bonchev–Trinajstić information content (AvgIpc) is 2.67. The van der Waals surface area contributed by atoms with Crippen LogP contribution in [0.1, 0.15) is 5.56 Å². The number of methoxy groups -OCH3 is 2. The van der Waals surface area contributed by atoms with Gasteiger partial charge in [-0.15, -0.1) is 0 Å². The number of phenols is 1. The van der Waals surface area contributed by atoms with Gasteiger partial charge in [0.25, 0.3) is 11.8 Å². The summed E-state index contributed by atoms with van der Waals surface area (Å²) in [6, 6.07) is 8.52. The van der Waals surface area contributed by atoms with Crippen LogP contribution in [0.25, 0.3) is 6.08 Å². The summed E-state index contributed by atoms with van der Waals surface area (Å²) in [6.07, 6.45) is 1.29. The van der Waals surface area contributed by atoms with Crippen LogP contribution in [0.4, 0.5) is 10.5 Å². The third-order valence-corrected chi connectivity index (χ3v) is 4.53. The molecule has 1 aliphatic heterocycles. The maximum Gasteiger partial charge on any atom is 0.335 e. The van der Waals surface area contributed by atoms with Crippen LogP contribution < -0.4 is 19.7 Å². The summed E-state index contributed by atoms with van der Waals surface area (Å²) < 4.78 is 10.9. The second-order valence-electron chi connectivity index (χ2n) is 5.71. The lowest BCUT2D eigenvalue weighted by atomic mass is 10.1. The minimum atomic E-state index is -0.838. The Morgan fingerprint density at radius 1 is 1.04 bits per heavy atom. The molecule has 2 aromatic carbocycles. The molecule has 9 heteroatoms. The Bertz CT molecular complexity index is 975. The SMILES string of the molecule is COc1cc(/C=C2\C(=O)NC(=O)N(c3ccc(Br)cc3)C2=O)cc(OC)c1O. The number of carbonyl (C=O) groups excluding carboxylic acids is 3. The van der Waals surface area contributed by atoms with Crippen LogP contribution in [-0.2, 0) is 9.59 Å². The lowest BCUT2D eigenvalue weighted by Gasteiger charge is -2.26. The zero-order valence-electron chi connectivity index (χ0n) is 14.9. The van der Waals surface area contributed by atoms with Gasteiger partial charge in [-0.05, 0) is 48.0 Å². The molecule has 0 saturated carbocycles. The van der Waals surface area contributed by atoms with Crippen LogP contribution in [0.15, 0.2) is 46.4 Å². The van der Waals surface area contributed by atoms with E-state index in [9.17, 15) is 19.5 Å². The third-order valence-electron chi connectivity index (χ3n) is 4.00. The van der Waals surface area contributed by atoms with Crippen molar-refractivity contribution >= 4 is 45.5 Å². The van der Waals surface area contributed by atoms with Crippen molar-refractivity contribution in [3.63, 3.8) is 0 Å². The molecule has 2 N–H and O–H groups in total. The molecule has 1 saturated heterocycles. The number of aromatic hydroxyl groups is 1. The van der Waals surface area contributed by atoms with Gasteiger partial charge >= 0.3 is 6.03 Å². The molecule has 1 heterocycles. The fourth-order valence-electron chi connectivity index (χ4n) is 2.65. The number of carbonyl (C=O) groups is 3. The molecule has 2 aromatic rings. The van der Waals surface area contributed by atoms with Crippen LogP contribution >= 0.6 is 15.9 Å². The molecule has 0 spiro atoms. The molecule has 0 atom stereocenters. The lowest BCUT2D eigenvalue weighted by molar-refractivity contribution is -0.122. The van der Waals surface area contributed by atoms with E-state index in [1.807, 2.05) is 0 Å². The first-order valence-electron chi connectivity index (χ1n) is 7.97. The Balaban J connectivity index is 2.05. The maximum atomic E-state index is 12.9. The summed E-state index contributed by atoms with van der Waals surface area (Å²) in [7, 11) is 2.72. The highest BCUT2D eigenvalue weighted by atomic mass is 79.9. The molecular formula is C19H15BrN2O6. The highest BCUT2D eigenvalue weighted by Gasteiger charge is 2.36. The summed E-state index contributed by atoms with van der Waals surface area (Å²) in [5.41, 5.74) is 0.428. The Morgan fingerprint density at radius 2 is 1.61 bits per heavy atom. The van der Waals surface area contributed by atoms with Gasteiger partial charge in [0.05, 0.1) is 19.9 Å². The number of imide groups is 2. The van der Waals surface area contributed by atoms with Crippen LogP contribution in [0.3, 0.4) is 0 Å². The van der Waals surface area contributed by atoms with Crippen molar-refractivity contribution < 1.29 is 29.0 Å². The van der Waals surface area contributed by atoms with Gasteiger partial charge < -0.3 is 14.6 Å². The molecule has 8 nitrogen and oxygen atoms in total. The number of nitrogens with one attached hydrogen (secondary N) is 1. The number of amides is 4. The normalized spacial score (nSPS) is 15.6. The first kappa shape index (κ1) is 19.4. The first-order chi connectivity index (χ1) is 13.3. The number of phenolic OH excluding ortho intramolecular Hbond substituents is 1. The fraction of sp³-hybridized carbons (Fsp3) is 0.105. The molecule has 0 unspecified atom stereocenters. The van der Waals surface area contributed by atoms with Crippen molar-refractivity contribution in [3.8, 4) is 17.2 Å². The van der Waals surface area contributed by atoms with Gasteiger partial charge in [0.1, 0.15) is 5.57 Å². The second-order valence-corrected chi connectivity index (χ2v) is 6.62. The van der Waals surface area contributed by atoms with Crippen LogP contribution in [0.5, 0.6) is 17.2 Å². The third kappa shape index (κ3) is 3.56. The van der Waals surface area contributed by atoms with E-state index in [1.54, 1.807) is 24.3 Å². The van der Waals surface area contributed by atoms with Crippen molar-refractivity contribution in [2.45, 2.75) is 0 Å². The largest absolute Gasteiger partial charge is 0.502 e. The standard InChI is InChI=1S/C19H15BrN2O6/c1-27-14-8-10(9-15(28-2)16(14)23)7-13-17(24)21-19(26)22(18(13)25)12-5-3-11(20)4-6-12/h3-9,23H,1-2H3,(H,21,24,26)/b13-7+. The molecule has 1 aliphatic rings. The molecule has 28 heavy (non-hydrogen) atoms. The number of hydrogen-bond acceptors (Lipinski definition) is 6. The maximum absolute atomic E-state index is 12.9. The van der Waals surface area contributed by atoms with Crippen molar-refractivity contribution in [1.82, 2.24) is 5.32 Å². The quantitative estimate of drug-likeness (QED) is 0.552. The first-order valence-corrected chi connectivity index (χ1v) is 8.77. The molecule has 4 amide bonds. The highest BCUT2D eigenvalue weighted by molar-refractivity contribution is 9.10. The number of benzene rings is 2. The van der Waals surface area contributed by atoms with Gasteiger partial charge in [0.15, 0.2) is 11.5 Å². The number of halogens is 1. The van der Waals surface area contributed by atoms with Gasteiger partial charge in [0, 0.05) is 4.47 Å². The summed E-state index contributed by atoms with van der Waals surface area (Å²) in [5.74, 6) is -1.60. The minimum absolute atomic E-state index is 0.107. The summed E-state index contributed by atoms with van der Waals surface area (Å²) in [5, 5.41) is 12.1. The number of nitrogens with zero attached hydrogens (tertiary/aromatic N) is 1. The van der Waals surface area contributed by atoms with E-state index in [2.05, 4.69) is 21.2 Å². The fourth-order valence-corrected chi connectivity index (χ4v) is 2.91. The van der Waals surface area contributed by atoms with Crippen LogP contribution in [-0.4, -0.2) is 37.2 Å². The zero-order chi connectivity index (χ0) is 20.4. The van der Waals surface area contributed by atoms with Gasteiger partial charge in [-0.25, -0.2) is 9.69 Å². The average molecular weight is 447 g/mol. The van der Waals surface area contributed by atoms with E-state index >= 15 is 0 Å². The van der Waals surface area contributed by atoms with E-state index in [0.29, 0.717) is 11.3 Å². The highest BCUT2D eigenvalue weighted by Crippen LogP contribution is 2.38. The van der Waals surface area contributed by atoms with E-state index in [1.165, 1.54) is 32.4 Å². The predicted molar refractivity (Wildman–Crippen MR) is 104 cm³/mol. The number of rotatable bonds is 4. The van der Waals surface area contributed by atoms with Crippen molar-refractivity contribution in [3.05, 3.63) is 52.0 Å². The topological polar surface area (TPSA) is 105 Å². The lowest BCUT2D eigenvalue weighted by Crippen LogP contribution is -2.54. The summed E-state index contributed by atoms with van der Waals surface area (Å²) in [4.78, 5) is 38.2. The second kappa shape index (κ2) is 7.73. The predicted octanol–water partition coefficient (Wildman–Crippen LogP) is 2.84. The molecule has 1 fully saturated rings. The number of barbiturate groups is 1. The monoisotopic (exact) mass is 446 g/mol. The smallest absolute Gasteiger partial charge is 0.335 e. The van der Waals surface area contributed by atoms with Crippen molar-refractivity contribution in [2.75, 3.05) is 19.1 Å². The molecule has 0 radical (unpaired) electrons. The van der Waals surface area contributed by atoms with E-state index < -0.39 is 17.8 Å². The van der Waals surface area contributed by atoms with E-state index in [0.717, 1.165) is 9.37 Å². The van der Waals surface area contributed by atoms with Gasteiger partial charge in [0.2, 0.25) is 5.75 Å². The molecule has 0 bridgehead atoms. The van der Waals surface area contributed by atoms with E-state index in [-0.39, 0.29) is 22.8 Å². The summed E-state index contributed by atoms with van der Waals surface area (Å²) >= 11 is 3.28. The van der Waals surface area contributed by atoms with Crippen molar-refractivity contribution in [2.24, 2.45) is 0 Å². The van der Waals surface area contributed by atoms with Crippen LogP contribution in [0, 0.1) is 0 Å². The van der Waals surface area contributed by atoms with E-state index in [4.69, 9.17) is 9.47 Å². The van der Waals surface area contributed by atoms with Crippen LogP contribution in [0.2, 0.25) is 0 Å². The Kier molecular flexibility index (Phi) is 5.36. The number of anilines is 1. The number of hydrogen-bond donors (Lipinski definition) is 2. The molecule has 0 aliphatic carbocycles. The number of urea groups is 1. The Morgan fingerprint density at radius 3 is 2.14 bits per heavy atom. The Labute approximate surface area is 168 Å². The van der Waals surface area contributed by atoms with Gasteiger partial charge in [-0.2, -0.15) is 0 Å². The number of ether oxygens (including phenoxy) is 2. The summed E-state index contributed by atoms with van der Waals surface area (Å²) in [6.45, 7) is 0. The molecule has 0 aromatic heterocycles. The molecule has 3 rings (SSSR count). The van der Waals surface area contributed by atoms with Gasteiger partial charge in [-0.1, -0.05) is 15.9 Å².